The Morgan fingerprint density at radius 1 is 1.16 bits per heavy atom. The van der Waals surface area contributed by atoms with E-state index in [0.717, 1.165) is 6.54 Å². The maximum absolute atomic E-state index is 12.0. The van der Waals surface area contributed by atoms with Gasteiger partial charge in [-0.1, -0.05) is 30.1 Å². The van der Waals surface area contributed by atoms with Crippen LogP contribution in [0.25, 0.3) is 0 Å². The van der Waals surface area contributed by atoms with Crippen molar-refractivity contribution in [2.24, 2.45) is 0 Å². The number of nitrogens with one attached hydrogen (secondary N) is 2. The van der Waals surface area contributed by atoms with Gasteiger partial charge >= 0.3 is 0 Å². The number of likely N-dealkylation sites (N-methyl/N-ethyl adjacent to an activating group) is 1. The molecule has 0 aliphatic carbocycles. The molecule has 0 atom stereocenters. The first-order chi connectivity index (χ1) is 8.38. The minimum absolute atomic E-state index is 0. The fourth-order valence-corrected chi connectivity index (χ4v) is 3.01. The summed E-state index contributed by atoms with van der Waals surface area (Å²) in [5.74, 6) is 0. The highest BCUT2D eigenvalue weighted by atomic mass is 35.5. The van der Waals surface area contributed by atoms with E-state index in [4.69, 9.17) is 23.2 Å². The van der Waals surface area contributed by atoms with E-state index in [-0.39, 0.29) is 17.3 Å². The largest absolute Gasteiger partial charge is 0.316 e. The van der Waals surface area contributed by atoms with Crippen LogP contribution >= 0.6 is 35.6 Å². The van der Waals surface area contributed by atoms with Crippen molar-refractivity contribution in [3.05, 3.63) is 27.7 Å². The van der Waals surface area contributed by atoms with E-state index in [0.29, 0.717) is 28.7 Å². The van der Waals surface area contributed by atoms with Gasteiger partial charge in [0.25, 0.3) is 0 Å². The summed E-state index contributed by atoms with van der Waals surface area (Å²) in [7, 11) is -3.56. The Labute approximate surface area is 130 Å². The van der Waals surface area contributed by atoms with Crippen LogP contribution in [0.1, 0.15) is 12.5 Å². The van der Waals surface area contributed by atoms with Crippen LogP contribution in [-0.2, 0) is 10.0 Å². The van der Waals surface area contributed by atoms with Gasteiger partial charge in [0.05, 0.1) is 4.90 Å². The third-order valence-electron chi connectivity index (χ3n) is 2.41. The molecular weight excluding hydrogens is 331 g/mol. The van der Waals surface area contributed by atoms with Crippen molar-refractivity contribution >= 4 is 45.6 Å². The Morgan fingerprint density at radius 3 is 2.16 bits per heavy atom. The molecule has 0 aromatic heterocycles. The van der Waals surface area contributed by atoms with Gasteiger partial charge in [0.2, 0.25) is 10.0 Å². The number of sulfonamides is 1. The molecule has 0 fully saturated rings. The summed E-state index contributed by atoms with van der Waals surface area (Å²) in [5, 5.41) is 3.71. The zero-order valence-electron chi connectivity index (χ0n) is 10.7. The Morgan fingerprint density at radius 2 is 1.68 bits per heavy atom. The van der Waals surface area contributed by atoms with Crippen LogP contribution in [0.2, 0.25) is 10.0 Å². The lowest BCUT2D eigenvalue weighted by atomic mass is 10.2. The van der Waals surface area contributed by atoms with Crippen molar-refractivity contribution in [1.82, 2.24) is 10.0 Å². The van der Waals surface area contributed by atoms with E-state index >= 15 is 0 Å². The van der Waals surface area contributed by atoms with Crippen molar-refractivity contribution in [3.8, 4) is 0 Å². The predicted octanol–water partition coefficient (Wildman–Crippen LogP) is 2.61. The Kier molecular flexibility index (Phi) is 8.27. The van der Waals surface area contributed by atoms with E-state index in [1.165, 1.54) is 12.1 Å². The number of benzene rings is 1. The first-order valence-corrected chi connectivity index (χ1v) is 7.78. The molecule has 0 aliphatic rings. The molecule has 8 heteroatoms. The molecule has 1 aromatic carbocycles. The van der Waals surface area contributed by atoms with Gasteiger partial charge in [0.15, 0.2) is 0 Å². The summed E-state index contributed by atoms with van der Waals surface area (Å²) in [6.07, 6.45) is 0. The second kappa shape index (κ2) is 8.29. The van der Waals surface area contributed by atoms with Crippen LogP contribution in [-0.4, -0.2) is 28.1 Å². The van der Waals surface area contributed by atoms with E-state index in [2.05, 4.69) is 10.0 Å². The molecular formula is C11H17Cl3N2O2S. The molecule has 19 heavy (non-hydrogen) atoms. The Hall–Kier alpha value is -0.0400. The summed E-state index contributed by atoms with van der Waals surface area (Å²) in [5.41, 5.74) is 0.671. The number of hydrogen-bond donors (Lipinski definition) is 2. The van der Waals surface area contributed by atoms with Crippen LogP contribution in [0.3, 0.4) is 0 Å². The van der Waals surface area contributed by atoms with Crippen LogP contribution < -0.4 is 10.0 Å². The smallest absolute Gasteiger partial charge is 0.240 e. The van der Waals surface area contributed by atoms with Crippen LogP contribution in [0.5, 0.6) is 0 Å². The topological polar surface area (TPSA) is 58.2 Å². The lowest BCUT2D eigenvalue weighted by Crippen LogP contribution is -2.31. The van der Waals surface area contributed by atoms with Gasteiger partial charge in [-0.15, -0.1) is 12.4 Å². The molecule has 0 saturated heterocycles. The molecule has 0 heterocycles. The van der Waals surface area contributed by atoms with Crippen LogP contribution in [0, 0.1) is 6.92 Å². The quantitative estimate of drug-likeness (QED) is 0.778. The summed E-state index contributed by atoms with van der Waals surface area (Å²) >= 11 is 11.8. The van der Waals surface area contributed by atoms with Crippen molar-refractivity contribution in [1.29, 1.82) is 0 Å². The van der Waals surface area contributed by atoms with Gasteiger partial charge in [-0.05, 0) is 31.2 Å². The average molecular weight is 348 g/mol. The van der Waals surface area contributed by atoms with Crippen molar-refractivity contribution in [2.45, 2.75) is 18.7 Å². The molecule has 0 aliphatic heterocycles. The van der Waals surface area contributed by atoms with Crippen molar-refractivity contribution in [2.75, 3.05) is 19.6 Å². The number of hydrogen-bond acceptors (Lipinski definition) is 3. The fourth-order valence-electron chi connectivity index (χ4n) is 1.31. The molecule has 1 rings (SSSR count). The van der Waals surface area contributed by atoms with E-state index in [9.17, 15) is 8.42 Å². The first-order valence-electron chi connectivity index (χ1n) is 5.54. The van der Waals surface area contributed by atoms with Crippen LogP contribution in [0.15, 0.2) is 17.0 Å². The summed E-state index contributed by atoms with van der Waals surface area (Å²) in [4.78, 5) is 0.0830. The second-order valence-electron chi connectivity index (χ2n) is 3.76. The SMILES string of the molecule is CCNCCNS(=O)(=O)c1cc(Cl)c(C)c(Cl)c1.Cl. The van der Waals surface area contributed by atoms with Gasteiger partial charge in [0.1, 0.15) is 0 Å². The van der Waals surface area contributed by atoms with E-state index < -0.39 is 10.0 Å². The molecule has 0 amide bonds. The van der Waals surface area contributed by atoms with E-state index in [1.807, 2.05) is 6.92 Å². The molecule has 2 N–H and O–H groups in total. The summed E-state index contributed by atoms with van der Waals surface area (Å²) in [6, 6.07) is 2.80. The maximum atomic E-state index is 12.0. The third-order valence-corrected chi connectivity index (χ3v) is 4.63. The molecule has 1 aromatic rings. The van der Waals surface area contributed by atoms with Crippen molar-refractivity contribution in [3.63, 3.8) is 0 Å². The zero-order valence-corrected chi connectivity index (χ0v) is 13.8. The normalized spacial score (nSPS) is 11.2. The van der Waals surface area contributed by atoms with Gasteiger partial charge in [-0.3, -0.25) is 0 Å². The lowest BCUT2D eigenvalue weighted by Gasteiger charge is -2.09. The molecule has 0 bridgehead atoms. The first kappa shape index (κ1) is 19.0. The monoisotopic (exact) mass is 346 g/mol. The average Bonchev–Trinajstić information content (AvgIpc) is 2.31. The van der Waals surface area contributed by atoms with Gasteiger partial charge < -0.3 is 5.32 Å². The fraction of sp³-hybridized carbons (Fsp3) is 0.455. The highest BCUT2D eigenvalue weighted by Gasteiger charge is 2.16. The van der Waals surface area contributed by atoms with E-state index in [1.54, 1.807) is 6.92 Å². The highest BCUT2D eigenvalue weighted by molar-refractivity contribution is 7.89. The second-order valence-corrected chi connectivity index (χ2v) is 6.34. The molecule has 0 radical (unpaired) electrons. The molecule has 4 nitrogen and oxygen atoms in total. The Bertz CT molecular complexity index is 498. The summed E-state index contributed by atoms with van der Waals surface area (Å²) < 4.78 is 26.4. The highest BCUT2D eigenvalue weighted by Crippen LogP contribution is 2.27. The molecule has 110 valence electrons. The molecule has 0 unspecified atom stereocenters. The molecule has 0 saturated carbocycles. The Balaban J connectivity index is 0.00000324. The lowest BCUT2D eigenvalue weighted by molar-refractivity contribution is 0.577. The minimum Gasteiger partial charge on any atom is -0.316 e. The third kappa shape index (κ3) is 5.45. The van der Waals surface area contributed by atoms with Gasteiger partial charge in [-0.2, -0.15) is 0 Å². The van der Waals surface area contributed by atoms with Crippen molar-refractivity contribution < 1.29 is 8.42 Å². The van der Waals surface area contributed by atoms with Crippen LogP contribution in [0.4, 0.5) is 0 Å². The van der Waals surface area contributed by atoms with Gasteiger partial charge in [0, 0.05) is 23.1 Å². The predicted molar refractivity (Wildman–Crippen MR) is 82.2 cm³/mol. The summed E-state index contributed by atoms with van der Waals surface area (Å²) in [6.45, 7) is 5.37. The number of rotatable bonds is 6. The minimum atomic E-state index is -3.56. The zero-order chi connectivity index (χ0) is 13.8. The molecule has 0 spiro atoms. The van der Waals surface area contributed by atoms with Gasteiger partial charge in [-0.25, -0.2) is 13.1 Å². The maximum Gasteiger partial charge on any atom is 0.240 e. The number of halogens is 3. The standard InChI is InChI=1S/C11H16Cl2N2O2S.ClH/c1-3-14-4-5-15-18(16,17)9-6-10(12)8(2)11(13)7-9;/h6-7,14-15H,3-5H2,1-2H3;1H.